The Morgan fingerprint density at radius 2 is 0.400 bits per heavy atom. The summed E-state index contributed by atoms with van der Waals surface area (Å²) < 4.78 is 0. The van der Waals surface area contributed by atoms with E-state index in [1.807, 2.05) is 0 Å². The topological polar surface area (TPSA) is 0 Å². The van der Waals surface area contributed by atoms with Crippen LogP contribution < -0.4 is 0 Å². The van der Waals surface area contributed by atoms with Gasteiger partial charge in [-0.15, -0.1) is 67.9 Å². The first-order valence-electron chi connectivity index (χ1n) is 0. The van der Waals surface area contributed by atoms with Crippen LogP contribution >= 0.6 is 67.9 Å². The largest absolute Gasteiger partial charge is 0.114 e. The Hall–Kier alpha value is 2.92. The Bertz CT molecular complexity index is 3.61. The van der Waals surface area contributed by atoms with Gasteiger partial charge in [-0.1, -0.05) is 0 Å². The molecule has 0 atom stereocenters. The fourth-order valence-electron chi connectivity index (χ4n) is 0. The maximum absolute atomic E-state index is 0. The number of rotatable bonds is 0. The van der Waals surface area contributed by atoms with Crippen molar-refractivity contribution in [2.45, 2.75) is 0 Å². The van der Waals surface area contributed by atoms with E-state index in [4.69, 9.17) is 0 Å². The zero-order valence-corrected chi connectivity index (χ0v) is 11.5. The van der Waals surface area contributed by atoms with Crippen molar-refractivity contribution < 1.29 is 0 Å². The summed E-state index contributed by atoms with van der Waals surface area (Å²) in [5.74, 6) is 0. The molecule has 0 aromatic heterocycles. The van der Waals surface area contributed by atoms with Crippen molar-refractivity contribution in [1.82, 2.24) is 0 Å². The van der Waals surface area contributed by atoms with E-state index in [0.717, 1.165) is 0 Å². The molecular formula is H4Br4Na. The Labute approximate surface area is 95.8 Å². The van der Waals surface area contributed by atoms with Crippen LogP contribution in [0.15, 0.2) is 0 Å². The van der Waals surface area contributed by atoms with E-state index in [9.17, 15) is 0 Å². The van der Waals surface area contributed by atoms with Crippen LogP contribution in [0.4, 0.5) is 0 Å². The molecule has 0 aliphatic rings. The summed E-state index contributed by atoms with van der Waals surface area (Å²) in [5, 5.41) is 0. The summed E-state index contributed by atoms with van der Waals surface area (Å²) in [6.45, 7) is 0. The van der Waals surface area contributed by atoms with Crippen LogP contribution in [0.25, 0.3) is 0 Å². The fourth-order valence-corrected chi connectivity index (χ4v) is 0. The minimum Gasteiger partial charge on any atom is -0.114 e. The summed E-state index contributed by atoms with van der Waals surface area (Å²) in [5.41, 5.74) is 0. The van der Waals surface area contributed by atoms with Crippen molar-refractivity contribution in [3.63, 3.8) is 0 Å². The standard InChI is InChI=1S/4BrH.Na/h4*1H;. The van der Waals surface area contributed by atoms with Crippen LogP contribution in [0.1, 0.15) is 0 Å². The van der Waals surface area contributed by atoms with E-state index < -0.39 is 0 Å². The Morgan fingerprint density at radius 3 is 0.400 bits per heavy atom. The number of halogens is 4. The van der Waals surface area contributed by atoms with Gasteiger partial charge in [0.1, 0.15) is 0 Å². The monoisotopic (exact) mass is 343 g/mol. The molecule has 0 rings (SSSR count). The van der Waals surface area contributed by atoms with Gasteiger partial charge >= 0.3 is 0 Å². The smallest absolute Gasteiger partial charge is 0 e. The Balaban J connectivity index is 0. The summed E-state index contributed by atoms with van der Waals surface area (Å²) >= 11 is 0. The Morgan fingerprint density at radius 1 is 0.400 bits per heavy atom. The fraction of sp³-hybridized carbons (Fsp3) is 0. The maximum Gasteiger partial charge on any atom is 0 e. The number of hydrogen-bond donors (Lipinski definition) is 0. The predicted octanol–water partition coefficient (Wildman–Crippen LogP) is 1.93. The van der Waals surface area contributed by atoms with Gasteiger partial charge in [0, 0.05) is 29.6 Å². The van der Waals surface area contributed by atoms with E-state index in [2.05, 4.69) is 0 Å². The molecule has 0 aromatic rings. The zero-order valence-electron chi connectivity index (χ0n) is 2.63. The second kappa shape index (κ2) is 28.4. The first kappa shape index (κ1) is 44.5. The third-order valence-corrected chi connectivity index (χ3v) is 0. The van der Waals surface area contributed by atoms with Gasteiger partial charge in [-0.25, -0.2) is 0 Å². The van der Waals surface area contributed by atoms with Crippen molar-refractivity contribution in [2.75, 3.05) is 0 Å². The van der Waals surface area contributed by atoms with Gasteiger partial charge in [0.15, 0.2) is 0 Å². The molecule has 0 saturated heterocycles. The van der Waals surface area contributed by atoms with Crippen molar-refractivity contribution in [3.05, 3.63) is 0 Å². The van der Waals surface area contributed by atoms with Crippen LogP contribution in [0.5, 0.6) is 0 Å². The summed E-state index contributed by atoms with van der Waals surface area (Å²) in [6, 6.07) is 0. The van der Waals surface area contributed by atoms with Gasteiger partial charge in [0.2, 0.25) is 0 Å². The first-order valence-corrected chi connectivity index (χ1v) is 0. The summed E-state index contributed by atoms with van der Waals surface area (Å²) in [6.07, 6.45) is 0. The molecule has 0 saturated carbocycles. The molecule has 0 aromatic carbocycles. The zero-order chi connectivity index (χ0) is 0. The molecular weight excluding hydrogens is 343 g/mol. The predicted molar refractivity (Wildman–Crippen MR) is 47.0 cm³/mol. The third-order valence-electron chi connectivity index (χ3n) is 0. The van der Waals surface area contributed by atoms with E-state index in [1.165, 1.54) is 0 Å². The molecule has 0 aliphatic carbocycles. The van der Waals surface area contributed by atoms with Crippen molar-refractivity contribution in [1.29, 1.82) is 0 Å². The van der Waals surface area contributed by atoms with Gasteiger partial charge < -0.3 is 0 Å². The maximum atomic E-state index is 0. The first-order chi connectivity index (χ1) is 0. The second-order valence-electron chi connectivity index (χ2n) is 0. The van der Waals surface area contributed by atoms with Crippen molar-refractivity contribution in [2.24, 2.45) is 0 Å². The summed E-state index contributed by atoms with van der Waals surface area (Å²) in [7, 11) is 0. The summed E-state index contributed by atoms with van der Waals surface area (Å²) in [4.78, 5) is 0. The van der Waals surface area contributed by atoms with E-state index in [0.29, 0.717) is 0 Å². The van der Waals surface area contributed by atoms with Crippen LogP contribution in [-0.4, -0.2) is 29.6 Å². The molecule has 0 N–H and O–H groups in total. The molecule has 0 nitrogen and oxygen atoms in total. The molecule has 0 spiro atoms. The molecule has 0 amide bonds. The van der Waals surface area contributed by atoms with Crippen LogP contribution in [0.3, 0.4) is 0 Å². The molecule has 0 unspecified atom stereocenters. The van der Waals surface area contributed by atoms with Gasteiger partial charge in [-0.2, -0.15) is 0 Å². The SMILES string of the molecule is Br.Br.Br.Br.[Na]. The van der Waals surface area contributed by atoms with Gasteiger partial charge in [0.05, 0.1) is 0 Å². The molecule has 5 heteroatoms. The van der Waals surface area contributed by atoms with Gasteiger partial charge in [-0.05, 0) is 0 Å². The molecule has 5 heavy (non-hydrogen) atoms. The second-order valence-corrected chi connectivity index (χ2v) is 0. The average Bonchev–Trinajstić information content (AvgIpc) is 0. The van der Waals surface area contributed by atoms with E-state index in [1.54, 1.807) is 0 Å². The van der Waals surface area contributed by atoms with Gasteiger partial charge in [-0.3, -0.25) is 0 Å². The average molecular weight is 347 g/mol. The van der Waals surface area contributed by atoms with Crippen molar-refractivity contribution >= 4 is 97.5 Å². The molecule has 33 valence electrons. The minimum absolute atomic E-state index is 0. The van der Waals surface area contributed by atoms with Crippen LogP contribution in [-0.2, 0) is 0 Å². The third kappa shape index (κ3) is 19.6. The molecule has 0 bridgehead atoms. The number of hydrogen-bond acceptors (Lipinski definition) is 0. The van der Waals surface area contributed by atoms with Gasteiger partial charge in [0.25, 0.3) is 0 Å². The molecule has 1 radical (unpaired) electrons. The molecule has 0 fully saturated rings. The minimum atomic E-state index is 0. The van der Waals surface area contributed by atoms with Crippen LogP contribution in [0, 0.1) is 0 Å². The normalized spacial score (nSPS) is 0. The Kier molecular flexibility index (Phi) is 253. The molecule has 0 aliphatic heterocycles. The van der Waals surface area contributed by atoms with Crippen molar-refractivity contribution in [3.8, 4) is 0 Å². The quantitative estimate of drug-likeness (QED) is 0.588. The molecule has 0 heterocycles. The van der Waals surface area contributed by atoms with E-state index in [-0.39, 0.29) is 97.5 Å². The van der Waals surface area contributed by atoms with E-state index >= 15 is 0 Å². The van der Waals surface area contributed by atoms with Crippen LogP contribution in [0.2, 0.25) is 0 Å².